The zero-order valence-electron chi connectivity index (χ0n) is 16.2. The van der Waals surface area contributed by atoms with Gasteiger partial charge in [-0.3, -0.25) is 9.59 Å². The fourth-order valence-corrected chi connectivity index (χ4v) is 3.43. The number of unbranched alkanes of at least 4 members (excludes halogenated alkanes) is 3. The maximum Gasteiger partial charge on any atom is 0.449 e. The number of alkyl halides is 3. The minimum Gasteiger partial charge on any atom is -0.325 e. The second kappa shape index (κ2) is 11.0. The normalized spacial score (nSPS) is 11.3. The van der Waals surface area contributed by atoms with Crippen molar-refractivity contribution >= 4 is 29.1 Å². The molecule has 29 heavy (non-hydrogen) atoms. The quantitative estimate of drug-likeness (QED) is 0.351. The largest absolute Gasteiger partial charge is 0.449 e. The maximum absolute atomic E-state index is 12.3. The number of benzene rings is 2. The van der Waals surface area contributed by atoms with Crippen LogP contribution in [0.1, 0.15) is 38.5 Å². The molecule has 2 aromatic carbocycles. The predicted molar refractivity (Wildman–Crippen MR) is 111 cm³/mol. The van der Waals surface area contributed by atoms with E-state index in [9.17, 15) is 22.8 Å². The summed E-state index contributed by atoms with van der Waals surface area (Å²) < 4.78 is 36.4. The Labute approximate surface area is 173 Å². The van der Waals surface area contributed by atoms with Crippen LogP contribution in [0.2, 0.25) is 0 Å². The van der Waals surface area contributed by atoms with Gasteiger partial charge >= 0.3 is 6.18 Å². The van der Waals surface area contributed by atoms with Crippen molar-refractivity contribution in [1.29, 1.82) is 0 Å². The van der Waals surface area contributed by atoms with E-state index in [0.717, 1.165) is 21.7 Å². The number of hydrogen-bond donors (Lipinski definition) is 1. The maximum atomic E-state index is 12.3. The van der Waals surface area contributed by atoms with Gasteiger partial charge in [0.2, 0.25) is 11.7 Å². The highest BCUT2D eigenvalue weighted by molar-refractivity contribution is 7.98. The Morgan fingerprint density at radius 3 is 2.17 bits per heavy atom. The van der Waals surface area contributed by atoms with Gasteiger partial charge in [0.05, 0.1) is 5.69 Å². The second-order valence-electron chi connectivity index (χ2n) is 6.66. The van der Waals surface area contributed by atoms with Crippen LogP contribution in [0.25, 0.3) is 11.1 Å². The molecule has 0 fully saturated rings. The van der Waals surface area contributed by atoms with E-state index in [4.69, 9.17) is 0 Å². The first-order valence-electron chi connectivity index (χ1n) is 9.44. The highest BCUT2D eigenvalue weighted by Crippen LogP contribution is 2.31. The first kappa shape index (κ1) is 23.0. The summed E-state index contributed by atoms with van der Waals surface area (Å²) in [6.07, 6.45) is -1.14. The lowest BCUT2D eigenvalue weighted by atomic mass is 10.0. The Kier molecular flexibility index (Phi) is 8.76. The molecule has 0 saturated heterocycles. The molecule has 0 unspecified atom stereocenters. The molecule has 7 heteroatoms. The van der Waals surface area contributed by atoms with Crippen LogP contribution >= 0.6 is 11.8 Å². The Morgan fingerprint density at radius 1 is 0.897 bits per heavy atom. The smallest absolute Gasteiger partial charge is 0.325 e. The molecule has 0 heterocycles. The molecule has 2 aromatic rings. The molecule has 1 amide bonds. The van der Waals surface area contributed by atoms with E-state index in [1.807, 2.05) is 54.8 Å². The zero-order valence-corrected chi connectivity index (χ0v) is 17.0. The minimum absolute atomic E-state index is 0.128. The first-order chi connectivity index (χ1) is 13.8. The molecule has 0 spiro atoms. The number of halogens is 3. The van der Waals surface area contributed by atoms with Crippen LogP contribution in [0.4, 0.5) is 18.9 Å². The van der Waals surface area contributed by atoms with Crippen molar-refractivity contribution in [2.24, 2.45) is 0 Å². The lowest BCUT2D eigenvalue weighted by Crippen LogP contribution is -2.22. The van der Waals surface area contributed by atoms with Gasteiger partial charge in [0, 0.05) is 17.7 Å². The molecule has 0 aromatic heterocycles. The number of Topliss-reactive ketones (excluding diaryl/α,β-unsaturated/α-hetero) is 1. The van der Waals surface area contributed by atoms with E-state index in [1.54, 1.807) is 11.8 Å². The van der Waals surface area contributed by atoms with Crippen molar-refractivity contribution in [3.63, 3.8) is 0 Å². The highest BCUT2D eigenvalue weighted by Gasteiger charge is 2.36. The van der Waals surface area contributed by atoms with Gasteiger partial charge < -0.3 is 5.32 Å². The number of anilines is 1. The fraction of sp³-hybridized carbons (Fsp3) is 0.364. The van der Waals surface area contributed by atoms with Gasteiger partial charge in [-0.15, -0.1) is 11.8 Å². The monoisotopic (exact) mass is 423 g/mol. The highest BCUT2D eigenvalue weighted by atomic mass is 32.2. The van der Waals surface area contributed by atoms with Crippen molar-refractivity contribution in [2.75, 3.05) is 11.6 Å². The molecular formula is C22H24F3NO2S. The average molecular weight is 424 g/mol. The molecular weight excluding hydrogens is 399 g/mol. The van der Waals surface area contributed by atoms with Crippen LogP contribution in [-0.2, 0) is 9.59 Å². The van der Waals surface area contributed by atoms with Crippen molar-refractivity contribution < 1.29 is 22.8 Å². The summed E-state index contributed by atoms with van der Waals surface area (Å²) in [4.78, 5) is 24.0. The minimum atomic E-state index is -4.75. The fourth-order valence-electron chi connectivity index (χ4n) is 2.89. The Balaban J connectivity index is 1.82. The zero-order chi connectivity index (χ0) is 21.3. The number of carbonyl (C=O) groups is 2. The number of ketones is 1. The van der Waals surface area contributed by atoms with Crippen LogP contribution < -0.4 is 5.32 Å². The Morgan fingerprint density at radius 2 is 1.55 bits per heavy atom. The van der Waals surface area contributed by atoms with Gasteiger partial charge in [-0.05, 0) is 42.4 Å². The Hall–Kier alpha value is -2.28. The average Bonchev–Trinajstić information content (AvgIpc) is 2.70. The first-order valence-corrected chi connectivity index (χ1v) is 10.7. The van der Waals surface area contributed by atoms with E-state index >= 15 is 0 Å². The molecule has 0 aliphatic carbocycles. The van der Waals surface area contributed by atoms with E-state index in [1.165, 1.54) is 0 Å². The summed E-state index contributed by atoms with van der Waals surface area (Å²) in [6.45, 7) is 0. The predicted octanol–water partition coefficient (Wildman–Crippen LogP) is 6.49. The van der Waals surface area contributed by atoms with Gasteiger partial charge in [-0.2, -0.15) is 13.2 Å². The molecule has 0 atom stereocenters. The van der Waals surface area contributed by atoms with Crippen LogP contribution in [-0.4, -0.2) is 24.1 Å². The van der Waals surface area contributed by atoms with Crippen molar-refractivity contribution in [1.82, 2.24) is 0 Å². The summed E-state index contributed by atoms with van der Waals surface area (Å²) >= 11 is 1.54. The Bertz CT molecular complexity index is 823. The number of amides is 1. The number of hydrogen-bond acceptors (Lipinski definition) is 3. The molecule has 0 bridgehead atoms. The third-order valence-corrected chi connectivity index (χ3v) is 5.25. The van der Waals surface area contributed by atoms with Crippen molar-refractivity contribution in [2.45, 2.75) is 49.6 Å². The summed E-state index contributed by atoms with van der Waals surface area (Å²) in [7, 11) is 0. The van der Waals surface area contributed by atoms with Crippen LogP contribution in [0.15, 0.2) is 53.4 Å². The van der Waals surface area contributed by atoms with Gasteiger partial charge in [0.15, 0.2) is 0 Å². The van der Waals surface area contributed by atoms with Gasteiger partial charge in [0.1, 0.15) is 0 Å². The van der Waals surface area contributed by atoms with Gasteiger partial charge in [-0.1, -0.05) is 49.2 Å². The topological polar surface area (TPSA) is 46.2 Å². The molecule has 0 aliphatic heterocycles. The van der Waals surface area contributed by atoms with Crippen LogP contribution in [0, 0.1) is 0 Å². The molecule has 3 nitrogen and oxygen atoms in total. The van der Waals surface area contributed by atoms with Crippen molar-refractivity contribution in [3.05, 3.63) is 48.5 Å². The van der Waals surface area contributed by atoms with Crippen LogP contribution in [0.3, 0.4) is 0 Å². The standard InChI is InChI=1S/C22H24F3NO2S/c1-29-19-14-13-17(16-9-5-4-6-10-16)15-18(19)26-21(28)12-8-3-2-7-11-20(27)22(23,24)25/h4-6,9-10,13-15H,2-3,7-8,11-12H2,1H3,(H,26,28). The molecule has 156 valence electrons. The van der Waals surface area contributed by atoms with E-state index in [0.29, 0.717) is 19.3 Å². The number of rotatable bonds is 10. The summed E-state index contributed by atoms with van der Waals surface area (Å²) in [5.74, 6) is -1.81. The van der Waals surface area contributed by atoms with Crippen molar-refractivity contribution in [3.8, 4) is 11.1 Å². The van der Waals surface area contributed by atoms with E-state index < -0.39 is 18.4 Å². The third-order valence-electron chi connectivity index (χ3n) is 4.45. The molecule has 0 aliphatic rings. The van der Waals surface area contributed by atoms with Gasteiger partial charge in [0.25, 0.3) is 0 Å². The van der Waals surface area contributed by atoms with Gasteiger partial charge in [-0.25, -0.2) is 0 Å². The molecule has 1 N–H and O–H groups in total. The molecule has 2 rings (SSSR count). The summed E-state index contributed by atoms with van der Waals surface area (Å²) in [5.41, 5.74) is 2.82. The number of nitrogens with one attached hydrogen (secondary N) is 1. The summed E-state index contributed by atoms with van der Waals surface area (Å²) in [6, 6.07) is 15.8. The summed E-state index contributed by atoms with van der Waals surface area (Å²) in [5, 5.41) is 2.94. The van der Waals surface area contributed by atoms with E-state index in [-0.39, 0.29) is 18.7 Å². The SMILES string of the molecule is CSc1ccc(-c2ccccc2)cc1NC(=O)CCCCCCC(=O)C(F)(F)F. The number of carbonyl (C=O) groups excluding carboxylic acids is 2. The molecule has 0 radical (unpaired) electrons. The lowest BCUT2D eigenvalue weighted by Gasteiger charge is -2.12. The molecule has 0 saturated carbocycles. The number of thioether (sulfide) groups is 1. The third kappa shape index (κ3) is 7.57. The van der Waals surface area contributed by atoms with Crippen LogP contribution in [0.5, 0.6) is 0 Å². The lowest BCUT2D eigenvalue weighted by molar-refractivity contribution is -0.171. The second-order valence-corrected chi connectivity index (χ2v) is 7.51. The van der Waals surface area contributed by atoms with E-state index in [2.05, 4.69) is 5.32 Å².